The topological polar surface area (TPSA) is 83.3 Å². The third-order valence-corrected chi connectivity index (χ3v) is 7.86. The Bertz CT molecular complexity index is 839. The Morgan fingerprint density at radius 3 is 2.15 bits per heavy atom. The summed E-state index contributed by atoms with van der Waals surface area (Å²) in [6.07, 6.45) is -0.791. The summed E-state index contributed by atoms with van der Waals surface area (Å²) in [5.41, 5.74) is 5.52. The molecule has 3 unspecified atom stereocenters. The standard InChI is InChI=1S/C25H39BN2O5/c1-23(2,3)21(31-22(27)29)20-18-14-28(15-19(18)20)12-13-30-17-10-8-16(9-11-17)26-32-24(4,5)25(6,7)33-26/h8-11,18-21H,12-15H2,1-7H3,(H2,27,29). The van der Waals surface area contributed by atoms with Crippen LogP contribution in [0.3, 0.4) is 0 Å². The zero-order valence-corrected chi connectivity index (χ0v) is 21.1. The molecule has 0 aromatic heterocycles. The molecule has 8 heteroatoms. The minimum Gasteiger partial charge on any atom is -0.492 e. The molecule has 0 radical (unpaired) electrons. The molecule has 2 heterocycles. The number of benzene rings is 1. The van der Waals surface area contributed by atoms with Crippen LogP contribution >= 0.6 is 0 Å². The van der Waals surface area contributed by atoms with E-state index in [2.05, 4.69) is 53.4 Å². The number of hydrogen-bond acceptors (Lipinski definition) is 6. The minimum absolute atomic E-state index is 0.107. The van der Waals surface area contributed by atoms with Gasteiger partial charge < -0.3 is 24.5 Å². The summed E-state index contributed by atoms with van der Waals surface area (Å²) >= 11 is 0. The van der Waals surface area contributed by atoms with Gasteiger partial charge in [0.1, 0.15) is 18.5 Å². The van der Waals surface area contributed by atoms with Gasteiger partial charge in [-0.3, -0.25) is 4.90 Å². The SMILES string of the molecule is CC(C)(C)C(OC(N)=O)C1C2CN(CCOc3ccc(B4OC(C)(C)C(C)(C)O4)cc3)CC21. The Kier molecular flexibility index (Phi) is 6.25. The highest BCUT2D eigenvalue weighted by Gasteiger charge is 2.61. The normalized spacial score (nSPS) is 28.9. The van der Waals surface area contributed by atoms with Crippen molar-refractivity contribution in [3.05, 3.63) is 24.3 Å². The van der Waals surface area contributed by atoms with Gasteiger partial charge in [-0.25, -0.2) is 4.79 Å². The van der Waals surface area contributed by atoms with Crippen LogP contribution in [0.25, 0.3) is 0 Å². The van der Waals surface area contributed by atoms with Crippen LogP contribution < -0.4 is 15.9 Å². The lowest BCUT2D eigenvalue weighted by atomic mass is 9.79. The molecule has 1 aliphatic carbocycles. The van der Waals surface area contributed by atoms with E-state index in [4.69, 9.17) is 24.5 Å². The van der Waals surface area contributed by atoms with E-state index in [1.807, 2.05) is 24.3 Å². The molecule has 3 fully saturated rings. The predicted molar refractivity (Wildman–Crippen MR) is 128 cm³/mol. The van der Waals surface area contributed by atoms with Crippen LogP contribution in [-0.2, 0) is 14.0 Å². The second-order valence-electron chi connectivity index (χ2n) is 11.9. The fraction of sp³-hybridized carbons (Fsp3) is 0.720. The molecular weight excluding hydrogens is 419 g/mol. The Balaban J connectivity index is 1.22. The minimum atomic E-state index is -0.672. The average Bonchev–Trinajstić information content (AvgIpc) is 3.05. The maximum Gasteiger partial charge on any atom is 0.494 e. The van der Waals surface area contributed by atoms with Gasteiger partial charge in [0.05, 0.1) is 11.2 Å². The van der Waals surface area contributed by atoms with Crippen LogP contribution in [0.15, 0.2) is 24.3 Å². The number of fused-ring (bicyclic) bond motifs is 1. The van der Waals surface area contributed by atoms with Gasteiger partial charge in [-0.15, -0.1) is 0 Å². The van der Waals surface area contributed by atoms with E-state index < -0.39 is 6.09 Å². The van der Waals surface area contributed by atoms with Gasteiger partial charge in [-0.05, 0) is 62.5 Å². The zero-order chi connectivity index (χ0) is 24.2. The fourth-order valence-corrected chi connectivity index (χ4v) is 5.24. The number of ether oxygens (including phenoxy) is 2. The van der Waals surface area contributed by atoms with Crippen molar-refractivity contribution in [3.63, 3.8) is 0 Å². The average molecular weight is 458 g/mol. The third-order valence-electron chi connectivity index (χ3n) is 7.86. The van der Waals surface area contributed by atoms with E-state index in [9.17, 15) is 4.79 Å². The summed E-state index contributed by atoms with van der Waals surface area (Å²) in [5, 5.41) is 0. The molecule has 2 aliphatic heterocycles. The maximum absolute atomic E-state index is 11.4. The Morgan fingerprint density at radius 2 is 1.67 bits per heavy atom. The first-order valence-corrected chi connectivity index (χ1v) is 12.1. The monoisotopic (exact) mass is 458 g/mol. The molecule has 7 nitrogen and oxygen atoms in total. The van der Waals surface area contributed by atoms with Crippen molar-refractivity contribution in [2.45, 2.75) is 65.8 Å². The van der Waals surface area contributed by atoms with Gasteiger partial charge in [0.25, 0.3) is 0 Å². The summed E-state index contributed by atoms with van der Waals surface area (Å²) in [4.78, 5) is 13.8. The van der Waals surface area contributed by atoms with E-state index in [1.165, 1.54) is 0 Å². The van der Waals surface area contributed by atoms with Gasteiger partial charge in [0.15, 0.2) is 0 Å². The third kappa shape index (κ3) is 5.03. The van der Waals surface area contributed by atoms with Gasteiger partial charge in [-0.2, -0.15) is 0 Å². The highest BCUT2D eigenvalue weighted by atomic mass is 16.7. The molecule has 182 valence electrons. The van der Waals surface area contributed by atoms with E-state index in [-0.39, 0.29) is 29.8 Å². The highest BCUT2D eigenvalue weighted by molar-refractivity contribution is 6.62. The van der Waals surface area contributed by atoms with Crippen LogP contribution in [0.2, 0.25) is 0 Å². The largest absolute Gasteiger partial charge is 0.494 e. The molecule has 1 amide bonds. The number of carbonyl (C=O) groups excluding carboxylic acids is 1. The van der Waals surface area contributed by atoms with E-state index in [1.54, 1.807) is 0 Å². The second kappa shape index (κ2) is 8.47. The molecule has 1 aromatic carbocycles. The van der Waals surface area contributed by atoms with Gasteiger partial charge in [-0.1, -0.05) is 32.9 Å². The maximum atomic E-state index is 11.4. The summed E-state index contributed by atoms with van der Waals surface area (Å²) in [7, 11) is -0.358. The van der Waals surface area contributed by atoms with E-state index in [0.29, 0.717) is 24.4 Å². The number of rotatable bonds is 7. The van der Waals surface area contributed by atoms with Crippen molar-refractivity contribution in [1.82, 2.24) is 4.90 Å². The second-order valence-corrected chi connectivity index (χ2v) is 11.9. The molecule has 2 N–H and O–H groups in total. The first-order valence-electron chi connectivity index (χ1n) is 12.1. The Morgan fingerprint density at radius 1 is 1.12 bits per heavy atom. The molecule has 0 bridgehead atoms. The van der Waals surface area contributed by atoms with Crippen LogP contribution in [0.4, 0.5) is 4.79 Å². The number of carbonyl (C=O) groups is 1. The van der Waals surface area contributed by atoms with Crippen LogP contribution in [0.1, 0.15) is 48.5 Å². The zero-order valence-electron chi connectivity index (χ0n) is 21.1. The predicted octanol–water partition coefficient (Wildman–Crippen LogP) is 3.05. The summed E-state index contributed by atoms with van der Waals surface area (Å²) < 4.78 is 23.7. The number of likely N-dealkylation sites (tertiary alicyclic amines) is 1. The van der Waals surface area contributed by atoms with Crippen molar-refractivity contribution < 1.29 is 23.6 Å². The highest BCUT2D eigenvalue weighted by Crippen LogP contribution is 2.57. The van der Waals surface area contributed by atoms with E-state index >= 15 is 0 Å². The molecule has 3 aliphatic rings. The van der Waals surface area contributed by atoms with Crippen molar-refractivity contribution in [2.24, 2.45) is 28.9 Å². The fourth-order valence-electron chi connectivity index (χ4n) is 5.24. The van der Waals surface area contributed by atoms with Gasteiger partial charge in [0.2, 0.25) is 0 Å². The lowest BCUT2D eigenvalue weighted by Gasteiger charge is -2.32. The van der Waals surface area contributed by atoms with Crippen LogP contribution in [0, 0.1) is 23.2 Å². The van der Waals surface area contributed by atoms with Crippen LogP contribution in [-0.4, -0.2) is 61.7 Å². The molecule has 0 spiro atoms. The first-order chi connectivity index (χ1) is 15.3. The lowest BCUT2D eigenvalue weighted by Crippen LogP contribution is -2.41. The van der Waals surface area contributed by atoms with Gasteiger partial charge in [0, 0.05) is 25.6 Å². The Hall–Kier alpha value is -1.77. The van der Waals surface area contributed by atoms with Crippen molar-refractivity contribution in [3.8, 4) is 5.75 Å². The quantitative estimate of drug-likeness (QED) is 0.633. The molecule has 1 saturated carbocycles. The summed E-state index contributed by atoms with van der Waals surface area (Å²) in [6, 6.07) is 7.98. The van der Waals surface area contributed by atoms with Crippen molar-refractivity contribution in [1.29, 1.82) is 0 Å². The van der Waals surface area contributed by atoms with Gasteiger partial charge >= 0.3 is 13.2 Å². The number of primary amides is 1. The molecule has 3 atom stereocenters. The molecule has 1 aromatic rings. The smallest absolute Gasteiger partial charge is 0.492 e. The lowest BCUT2D eigenvalue weighted by molar-refractivity contribution is 0.00578. The number of amides is 1. The first kappa shape index (κ1) is 24.4. The number of nitrogens with two attached hydrogens (primary N) is 1. The molecule has 33 heavy (non-hydrogen) atoms. The number of nitrogens with zero attached hydrogens (tertiary/aromatic N) is 1. The van der Waals surface area contributed by atoms with Crippen LogP contribution in [0.5, 0.6) is 5.75 Å². The number of piperidine rings is 1. The number of hydrogen-bond donors (Lipinski definition) is 1. The molecule has 4 rings (SSSR count). The van der Waals surface area contributed by atoms with Crippen molar-refractivity contribution >= 4 is 18.7 Å². The summed E-state index contributed by atoms with van der Waals surface area (Å²) in [6.45, 7) is 18.1. The van der Waals surface area contributed by atoms with E-state index in [0.717, 1.165) is 30.8 Å². The molecule has 2 saturated heterocycles. The molecular formula is C25H39BN2O5. The summed E-state index contributed by atoms with van der Waals surface area (Å²) in [5.74, 6) is 2.41. The van der Waals surface area contributed by atoms with Crippen molar-refractivity contribution in [2.75, 3.05) is 26.2 Å². The Labute approximate surface area is 198 Å².